The van der Waals surface area contributed by atoms with Crippen LogP contribution in [-0.4, -0.2) is 19.8 Å². The second-order valence-electron chi connectivity index (χ2n) is 8.92. The number of hydrogen-bond acceptors (Lipinski definition) is 3. The molecular weight excluding hydrogens is 453 g/mol. The lowest BCUT2D eigenvalue weighted by Crippen LogP contribution is -2.20. The minimum absolute atomic E-state index is 0.00866. The van der Waals surface area contributed by atoms with Crippen LogP contribution in [0.4, 0.5) is 13.2 Å². The van der Waals surface area contributed by atoms with E-state index < -0.39 is 11.6 Å². The fourth-order valence-corrected chi connectivity index (χ4v) is 4.62. The smallest absolute Gasteiger partial charge is 0.166 e. The van der Waals surface area contributed by atoms with Gasteiger partial charge in [-0.05, 0) is 73.4 Å². The van der Waals surface area contributed by atoms with Crippen molar-refractivity contribution < 1.29 is 27.4 Å². The Labute approximate surface area is 204 Å². The van der Waals surface area contributed by atoms with Crippen molar-refractivity contribution in [2.45, 2.75) is 57.8 Å². The fraction of sp³-hybridized carbons (Fsp3) is 0.379. The highest BCUT2D eigenvalue weighted by Gasteiger charge is 2.26. The van der Waals surface area contributed by atoms with Gasteiger partial charge in [-0.1, -0.05) is 36.4 Å². The Morgan fingerprint density at radius 2 is 1.57 bits per heavy atom. The predicted molar refractivity (Wildman–Crippen MR) is 130 cm³/mol. The van der Waals surface area contributed by atoms with Crippen molar-refractivity contribution >= 4 is 0 Å². The SMILES string of the molecule is CCOCc1ccc(COc2ccc(-c3ccc(C4CCC(OC)CC4)c(F)c3F)cc2)c(F)c1. The zero-order chi connectivity index (χ0) is 24.8. The molecule has 0 spiro atoms. The van der Waals surface area contributed by atoms with Crippen LogP contribution in [0.25, 0.3) is 11.1 Å². The summed E-state index contributed by atoms with van der Waals surface area (Å²) in [5.41, 5.74) is 2.39. The third kappa shape index (κ3) is 6.06. The van der Waals surface area contributed by atoms with Crippen LogP contribution in [0.15, 0.2) is 54.6 Å². The molecule has 3 aromatic rings. The van der Waals surface area contributed by atoms with Gasteiger partial charge in [0, 0.05) is 24.8 Å². The first-order chi connectivity index (χ1) is 17.0. The summed E-state index contributed by atoms with van der Waals surface area (Å²) in [6.07, 6.45) is 3.49. The lowest BCUT2D eigenvalue weighted by molar-refractivity contribution is 0.0655. The topological polar surface area (TPSA) is 27.7 Å². The number of ether oxygens (including phenoxy) is 3. The highest BCUT2D eigenvalue weighted by atomic mass is 19.2. The van der Waals surface area contributed by atoms with Crippen LogP contribution < -0.4 is 4.74 Å². The third-order valence-electron chi connectivity index (χ3n) is 6.71. The van der Waals surface area contributed by atoms with E-state index in [1.54, 1.807) is 49.6 Å². The Balaban J connectivity index is 1.41. The molecule has 3 aromatic carbocycles. The lowest BCUT2D eigenvalue weighted by Gasteiger charge is -2.28. The summed E-state index contributed by atoms with van der Waals surface area (Å²) >= 11 is 0. The van der Waals surface area contributed by atoms with E-state index in [9.17, 15) is 13.2 Å². The Morgan fingerprint density at radius 3 is 2.23 bits per heavy atom. The maximum atomic E-state index is 15.0. The predicted octanol–water partition coefficient (Wildman–Crippen LogP) is 7.56. The van der Waals surface area contributed by atoms with Gasteiger partial charge in [0.1, 0.15) is 18.2 Å². The normalized spacial score (nSPS) is 18.0. The van der Waals surface area contributed by atoms with Crippen molar-refractivity contribution in [2.24, 2.45) is 0 Å². The van der Waals surface area contributed by atoms with Crippen molar-refractivity contribution in [3.63, 3.8) is 0 Å². The third-order valence-corrected chi connectivity index (χ3v) is 6.71. The van der Waals surface area contributed by atoms with Crippen LogP contribution in [0.5, 0.6) is 5.75 Å². The standard InChI is InChI=1S/C29H31F3O3/c1-3-34-17-19-4-5-22(27(30)16-19)18-35-24-12-8-21(9-13-24)26-15-14-25(28(31)29(26)32)20-6-10-23(33-2)11-7-20/h4-5,8-9,12-16,20,23H,3,6-7,10-11,17-18H2,1-2H3. The quantitative estimate of drug-likeness (QED) is 0.314. The molecule has 0 saturated heterocycles. The fourth-order valence-electron chi connectivity index (χ4n) is 4.62. The molecule has 0 amide bonds. The van der Waals surface area contributed by atoms with E-state index in [4.69, 9.17) is 14.2 Å². The van der Waals surface area contributed by atoms with Crippen molar-refractivity contribution in [3.05, 3.63) is 88.7 Å². The Kier molecular flexibility index (Phi) is 8.47. The number of methoxy groups -OCH3 is 1. The van der Waals surface area contributed by atoms with Crippen molar-refractivity contribution in [1.29, 1.82) is 0 Å². The lowest BCUT2D eigenvalue weighted by atomic mass is 9.82. The van der Waals surface area contributed by atoms with Gasteiger partial charge in [-0.15, -0.1) is 0 Å². The van der Waals surface area contributed by atoms with Crippen molar-refractivity contribution in [1.82, 2.24) is 0 Å². The zero-order valence-electron chi connectivity index (χ0n) is 20.2. The monoisotopic (exact) mass is 484 g/mol. The van der Waals surface area contributed by atoms with Gasteiger partial charge in [0.25, 0.3) is 0 Å². The van der Waals surface area contributed by atoms with E-state index in [2.05, 4.69) is 0 Å². The summed E-state index contributed by atoms with van der Waals surface area (Å²) in [5.74, 6) is -1.44. The molecule has 3 nitrogen and oxygen atoms in total. The zero-order valence-corrected chi connectivity index (χ0v) is 20.2. The molecule has 1 aliphatic carbocycles. The number of halogens is 3. The van der Waals surface area contributed by atoms with Gasteiger partial charge in [-0.25, -0.2) is 13.2 Å². The van der Waals surface area contributed by atoms with Gasteiger partial charge in [0.15, 0.2) is 11.6 Å². The van der Waals surface area contributed by atoms with E-state index >= 15 is 0 Å². The highest BCUT2D eigenvalue weighted by molar-refractivity contribution is 5.65. The molecule has 1 aliphatic rings. The van der Waals surface area contributed by atoms with Crippen LogP contribution in [0, 0.1) is 17.5 Å². The molecule has 35 heavy (non-hydrogen) atoms. The van der Waals surface area contributed by atoms with Gasteiger partial charge in [0.05, 0.1) is 12.7 Å². The first-order valence-electron chi connectivity index (χ1n) is 12.1. The molecule has 0 bridgehead atoms. The molecule has 4 rings (SSSR count). The number of hydrogen-bond donors (Lipinski definition) is 0. The summed E-state index contributed by atoms with van der Waals surface area (Å²) in [6.45, 7) is 2.88. The molecule has 0 unspecified atom stereocenters. The van der Waals surface area contributed by atoms with Crippen LogP contribution in [0.1, 0.15) is 55.2 Å². The van der Waals surface area contributed by atoms with E-state index in [0.29, 0.717) is 35.7 Å². The van der Waals surface area contributed by atoms with E-state index in [1.165, 1.54) is 6.07 Å². The molecule has 6 heteroatoms. The van der Waals surface area contributed by atoms with E-state index in [0.717, 1.165) is 31.2 Å². The first kappa shape index (κ1) is 25.3. The molecule has 0 N–H and O–H groups in total. The van der Waals surface area contributed by atoms with Crippen LogP contribution in [0.2, 0.25) is 0 Å². The van der Waals surface area contributed by atoms with Gasteiger partial charge >= 0.3 is 0 Å². The molecule has 1 saturated carbocycles. The molecule has 0 aromatic heterocycles. The molecule has 0 aliphatic heterocycles. The molecular formula is C29H31F3O3. The largest absolute Gasteiger partial charge is 0.489 e. The average molecular weight is 485 g/mol. The Hall–Kier alpha value is -2.83. The summed E-state index contributed by atoms with van der Waals surface area (Å²) in [5, 5.41) is 0. The Bertz CT molecular complexity index is 1120. The first-order valence-corrected chi connectivity index (χ1v) is 12.1. The molecule has 1 fully saturated rings. The number of rotatable bonds is 9. The van der Waals surface area contributed by atoms with Crippen LogP contribution >= 0.6 is 0 Å². The summed E-state index contributed by atoms with van der Waals surface area (Å²) in [4.78, 5) is 0. The number of benzene rings is 3. The maximum Gasteiger partial charge on any atom is 0.166 e. The molecule has 186 valence electrons. The molecule has 0 atom stereocenters. The van der Waals surface area contributed by atoms with Gasteiger partial charge in [0.2, 0.25) is 0 Å². The second-order valence-corrected chi connectivity index (χ2v) is 8.92. The average Bonchev–Trinajstić information content (AvgIpc) is 2.89. The Morgan fingerprint density at radius 1 is 0.829 bits per heavy atom. The second kappa shape index (κ2) is 11.7. The highest BCUT2D eigenvalue weighted by Crippen LogP contribution is 2.37. The van der Waals surface area contributed by atoms with Crippen LogP contribution in [-0.2, 0) is 22.7 Å². The minimum atomic E-state index is -0.834. The van der Waals surface area contributed by atoms with Gasteiger partial charge in [-0.3, -0.25) is 0 Å². The van der Waals surface area contributed by atoms with Gasteiger partial charge in [-0.2, -0.15) is 0 Å². The van der Waals surface area contributed by atoms with E-state index in [1.807, 2.05) is 13.0 Å². The van der Waals surface area contributed by atoms with Crippen molar-refractivity contribution in [3.8, 4) is 16.9 Å². The van der Waals surface area contributed by atoms with Crippen LogP contribution in [0.3, 0.4) is 0 Å². The van der Waals surface area contributed by atoms with Crippen molar-refractivity contribution in [2.75, 3.05) is 13.7 Å². The summed E-state index contributed by atoms with van der Waals surface area (Å²) < 4.78 is 60.7. The van der Waals surface area contributed by atoms with Gasteiger partial charge < -0.3 is 14.2 Å². The minimum Gasteiger partial charge on any atom is -0.489 e. The summed E-state index contributed by atoms with van der Waals surface area (Å²) in [6, 6.07) is 15.0. The summed E-state index contributed by atoms with van der Waals surface area (Å²) in [7, 11) is 1.69. The molecule has 0 heterocycles. The van der Waals surface area contributed by atoms with E-state index in [-0.39, 0.29) is 30.0 Å². The maximum absolute atomic E-state index is 15.0. The molecule has 0 radical (unpaired) electrons.